The van der Waals surface area contributed by atoms with Gasteiger partial charge in [-0.25, -0.2) is 0 Å². The SMILES string of the molecule is CCCCSc1nc(Cl)nc(N(CC)CC)n1. The summed E-state index contributed by atoms with van der Waals surface area (Å²) in [7, 11) is 0. The molecule has 0 atom stereocenters. The van der Waals surface area contributed by atoms with Crippen LogP contribution >= 0.6 is 23.4 Å². The summed E-state index contributed by atoms with van der Waals surface area (Å²) in [4.78, 5) is 14.8. The third kappa shape index (κ3) is 4.68. The van der Waals surface area contributed by atoms with Crippen molar-refractivity contribution in [1.82, 2.24) is 15.0 Å². The molecule has 0 spiro atoms. The Balaban J connectivity index is 2.78. The predicted molar refractivity (Wildman–Crippen MR) is 74.0 cm³/mol. The van der Waals surface area contributed by atoms with Crippen molar-refractivity contribution in [3.05, 3.63) is 5.28 Å². The van der Waals surface area contributed by atoms with Gasteiger partial charge in [0, 0.05) is 18.8 Å². The van der Waals surface area contributed by atoms with Crippen molar-refractivity contribution in [2.75, 3.05) is 23.7 Å². The van der Waals surface area contributed by atoms with Gasteiger partial charge in [0.25, 0.3) is 0 Å². The highest BCUT2D eigenvalue weighted by Gasteiger charge is 2.10. The summed E-state index contributed by atoms with van der Waals surface area (Å²) >= 11 is 7.56. The Morgan fingerprint density at radius 2 is 1.82 bits per heavy atom. The van der Waals surface area contributed by atoms with E-state index >= 15 is 0 Å². The van der Waals surface area contributed by atoms with Gasteiger partial charge in [0.2, 0.25) is 11.2 Å². The highest BCUT2D eigenvalue weighted by atomic mass is 35.5. The van der Waals surface area contributed by atoms with Gasteiger partial charge in [-0.1, -0.05) is 25.1 Å². The molecule has 0 bridgehead atoms. The zero-order chi connectivity index (χ0) is 12.7. The first kappa shape index (κ1) is 14.5. The number of hydrogen-bond donors (Lipinski definition) is 0. The van der Waals surface area contributed by atoms with Crippen molar-refractivity contribution in [3.8, 4) is 0 Å². The highest BCUT2D eigenvalue weighted by Crippen LogP contribution is 2.19. The monoisotopic (exact) mass is 274 g/mol. The Morgan fingerprint density at radius 3 is 2.41 bits per heavy atom. The molecule has 17 heavy (non-hydrogen) atoms. The standard InChI is InChI=1S/C11H19ClN4S/c1-4-7-8-17-11-14-9(12)13-10(15-11)16(5-2)6-3/h4-8H2,1-3H3. The summed E-state index contributed by atoms with van der Waals surface area (Å²) in [6, 6.07) is 0. The summed E-state index contributed by atoms with van der Waals surface area (Å²) in [6.07, 6.45) is 2.34. The lowest BCUT2D eigenvalue weighted by molar-refractivity contribution is 0.781. The number of nitrogens with zero attached hydrogens (tertiary/aromatic N) is 4. The van der Waals surface area contributed by atoms with Gasteiger partial charge in [0.15, 0.2) is 5.16 Å². The average Bonchev–Trinajstić information content (AvgIpc) is 2.30. The fourth-order valence-electron chi connectivity index (χ4n) is 1.34. The zero-order valence-corrected chi connectivity index (χ0v) is 12.2. The molecule has 0 saturated carbocycles. The maximum Gasteiger partial charge on any atom is 0.230 e. The van der Waals surface area contributed by atoms with Crippen LogP contribution in [0.4, 0.5) is 5.95 Å². The third-order valence-corrected chi connectivity index (χ3v) is 3.45. The fourth-order valence-corrected chi connectivity index (χ4v) is 2.46. The Kier molecular flexibility index (Phi) is 6.58. The molecule has 0 aliphatic heterocycles. The van der Waals surface area contributed by atoms with Crippen LogP contribution in [0.5, 0.6) is 0 Å². The molecular weight excluding hydrogens is 256 g/mol. The molecule has 0 amide bonds. The lowest BCUT2D eigenvalue weighted by Gasteiger charge is -2.18. The van der Waals surface area contributed by atoms with Gasteiger partial charge in [0.05, 0.1) is 0 Å². The van der Waals surface area contributed by atoms with Gasteiger partial charge >= 0.3 is 0 Å². The molecule has 0 aliphatic carbocycles. The Bertz CT molecular complexity index is 344. The quantitative estimate of drug-likeness (QED) is 0.564. The highest BCUT2D eigenvalue weighted by molar-refractivity contribution is 7.99. The van der Waals surface area contributed by atoms with E-state index in [4.69, 9.17) is 11.6 Å². The van der Waals surface area contributed by atoms with Crippen molar-refractivity contribution in [3.63, 3.8) is 0 Å². The number of thioether (sulfide) groups is 1. The summed E-state index contributed by atoms with van der Waals surface area (Å²) in [5.74, 6) is 1.70. The normalized spacial score (nSPS) is 10.6. The third-order valence-electron chi connectivity index (χ3n) is 2.35. The first-order valence-corrected chi connectivity index (χ1v) is 7.36. The minimum Gasteiger partial charge on any atom is -0.341 e. The van der Waals surface area contributed by atoms with Crippen molar-refractivity contribution >= 4 is 29.3 Å². The molecule has 0 saturated heterocycles. The van der Waals surface area contributed by atoms with Gasteiger partial charge in [-0.2, -0.15) is 15.0 Å². The molecule has 0 aliphatic rings. The van der Waals surface area contributed by atoms with Crippen LogP contribution in [0.1, 0.15) is 33.6 Å². The molecule has 0 fully saturated rings. The molecule has 4 nitrogen and oxygen atoms in total. The lowest BCUT2D eigenvalue weighted by Crippen LogP contribution is -2.24. The summed E-state index contributed by atoms with van der Waals surface area (Å²) < 4.78 is 0. The number of rotatable bonds is 7. The molecule has 1 heterocycles. The number of anilines is 1. The molecule has 0 N–H and O–H groups in total. The second kappa shape index (κ2) is 7.71. The fraction of sp³-hybridized carbons (Fsp3) is 0.727. The smallest absolute Gasteiger partial charge is 0.230 e. The predicted octanol–water partition coefficient (Wildman–Crippen LogP) is 3.26. The summed E-state index contributed by atoms with van der Waals surface area (Å²) in [5.41, 5.74) is 0. The van der Waals surface area contributed by atoms with Gasteiger partial charge in [-0.3, -0.25) is 0 Å². The van der Waals surface area contributed by atoms with Crippen molar-refractivity contribution in [1.29, 1.82) is 0 Å². The number of halogens is 1. The van der Waals surface area contributed by atoms with Crippen LogP contribution in [0.15, 0.2) is 5.16 Å². The van der Waals surface area contributed by atoms with Gasteiger partial charge in [-0.15, -0.1) is 0 Å². The Morgan fingerprint density at radius 1 is 1.12 bits per heavy atom. The molecule has 1 aromatic rings. The van der Waals surface area contributed by atoms with Crippen LogP contribution in [0.2, 0.25) is 5.28 Å². The van der Waals surface area contributed by atoms with Crippen LogP contribution in [-0.2, 0) is 0 Å². The van der Waals surface area contributed by atoms with Crippen LogP contribution in [-0.4, -0.2) is 33.8 Å². The zero-order valence-electron chi connectivity index (χ0n) is 10.6. The van der Waals surface area contributed by atoms with Crippen molar-refractivity contribution in [2.24, 2.45) is 0 Å². The van der Waals surface area contributed by atoms with Crippen LogP contribution < -0.4 is 4.90 Å². The minimum atomic E-state index is 0.279. The van der Waals surface area contributed by atoms with E-state index in [-0.39, 0.29) is 5.28 Å². The van der Waals surface area contributed by atoms with Gasteiger partial charge in [-0.05, 0) is 31.9 Å². The van der Waals surface area contributed by atoms with E-state index in [1.54, 1.807) is 11.8 Å². The molecule has 1 aromatic heterocycles. The van der Waals surface area contributed by atoms with E-state index in [2.05, 4.69) is 40.6 Å². The number of hydrogen-bond acceptors (Lipinski definition) is 5. The second-order valence-electron chi connectivity index (χ2n) is 3.56. The van der Waals surface area contributed by atoms with Crippen LogP contribution in [0.3, 0.4) is 0 Å². The number of aromatic nitrogens is 3. The minimum absolute atomic E-state index is 0.279. The van der Waals surface area contributed by atoms with Crippen LogP contribution in [0, 0.1) is 0 Å². The first-order valence-electron chi connectivity index (χ1n) is 6.00. The van der Waals surface area contributed by atoms with Crippen molar-refractivity contribution < 1.29 is 0 Å². The average molecular weight is 275 g/mol. The molecule has 1 rings (SSSR count). The number of unbranched alkanes of at least 4 members (excludes halogenated alkanes) is 1. The van der Waals surface area contributed by atoms with E-state index in [1.165, 1.54) is 6.42 Å². The van der Waals surface area contributed by atoms with E-state index < -0.39 is 0 Å². The molecule has 6 heteroatoms. The maximum absolute atomic E-state index is 5.92. The second-order valence-corrected chi connectivity index (χ2v) is 4.96. The topological polar surface area (TPSA) is 41.9 Å². The van der Waals surface area contributed by atoms with Gasteiger partial charge < -0.3 is 4.90 Å². The van der Waals surface area contributed by atoms with Crippen molar-refractivity contribution in [2.45, 2.75) is 38.8 Å². The van der Waals surface area contributed by atoms with E-state index in [1.807, 2.05) is 0 Å². The lowest BCUT2D eigenvalue weighted by atomic mass is 10.4. The molecule has 0 radical (unpaired) electrons. The van der Waals surface area contributed by atoms with Crippen LogP contribution in [0.25, 0.3) is 0 Å². The van der Waals surface area contributed by atoms with E-state index in [0.717, 1.165) is 30.4 Å². The van der Waals surface area contributed by atoms with E-state index in [0.29, 0.717) is 5.95 Å². The summed E-state index contributed by atoms with van der Waals surface area (Å²) in [5, 5.41) is 1.00. The molecule has 0 aromatic carbocycles. The van der Waals surface area contributed by atoms with E-state index in [9.17, 15) is 0 Å². The maximum atomic E-state index is 5.92. The summed E-state index contributed by atoms with van der Waals surface area (Å²) in [6.45, 7) is 8.06. The molecular formula is C11H19ClN4S. The Hall–Kier alpha value is -0.550. The molecule has 96 valence electrons. The Labute approximate surface area is 112 Å². The largest absolute Gasteiger partial charge is 0.341 e. The van der Waals surface area contributed by atoms with Gasteiger partial charge in [0.1, 0.15) is 0 Å². The molecule has 0 unspecified atom stereocenters. The first-order chi connectivity index (χ1) is 8.21.